The van der Waals surface area contributed by atoms with Gasteiger partial charge < -0.3 is 5.32 Å². The molecule has 1 N–H and O–H groups in total. The van der Waals surface area contributed by atoms with Gasteiger partial charge in [0.25, 0.3) is 0 Å². The van der Waals surface area contributed by atoms with Gasteiger partial charge in [0.2, 0.25) is 5.91 Å². The minimum absolute atomic E-state index is 0.0231. The van der Waals surface area contributed by atoms with Gasteiger partial charge in [-0.25, -0.2) is 4.39 Å². The maximum Gasteiger partial charge on any atom is 0.230 e. The van der Waals surface area contributed by atoms with Crippen molar-refractivity contribution in [2.24, 2.45) is 5.41 Å². The van der Waals surface area contributed by atoms with E-state index in [1.165, 1.54) is 12.1 Å². The lowest BCUT2D eigenvalue weighted by molar-refractivity contribution is -0.128. The van der Waals surface area contributed by atoms with Crippen molar-refractivity contribution in [2.75, 3.05) is 5.32 Å². The topological polar surface area (TPSA) is 29.1 Å². The van der Waals surface area contributed by atoms with Gasteiger partial charge in [-0.3, -0.25) is 4.79 Å². The third-order valence-electron chi connectivity index (χ3n) is 3.21. The van der Waals surface area contributed by atoms with Gasteiger partial charge in [-0.1, -0.05) is 13.3 Å². The second kappa shape index (κ2) is 4.09. The minimum atomic E-state index is -0.417. The monoisotopic (exact) mass is 239 g/mol. The van der Waals surface area contributed by atoms with Gasteiger partial charge in [0.1, 0.15) is 5.82 Å². The Kier molecular flexibility index (Phi) is 2.93. The van der Waals surface area contributed by atoms with Gasteiger partial charge in [0, 0.05) is 16.0 Å². The molecular formula is C12H14FNOS. The van der Waals surface area contributed by atoms with Crippen molar-refractivity contribution in [3.8, 4) is 0 Å². The van der Waals surface area contributed by atoms with E-state index in [4.69, 9.17) is 0 Å². The summed E-state index contributed by atoms with van der Waals surface area (Å²) in [4.78, 5) is 12.1. The largest absolute Gasteiger partial charge is 0.326 e. The summed E-state index contributed by atoms with van der Waals surface area (Å²) in [5, 5.41) is 2.74. The molecule has 1 aromatic rings. The first-order chi connectivity index (χ1) is 7.51. The van der Waals surface area contributed by atoms with E-state index in [-0.39, 0.29) is 16.2 Å². The molecule has 1 fully saturated rings. The van der Waals surface area contributed by atoms with Crippen molar-refractivity contribution in [1.82, 2.24) is 0 Å². The van der Waals surface area contributed by atoms with E-state index in [1.807, 2.05) is 6.92 Å². The van der Waals surface area contributed by atoms with Crippen LogP contribution in [0.25, 0.3) is 0 Å². The first kappa shape index (κ1) is 11.5. The highest BCUT2D eigenvalue weighted by Crippen LogP contribution is 2.41. The Morgan fingerprint density at radius 3 is 2.69 bits per heavy atom. The van der Waals surface area contributed by atoms with Crippen molar-refractivity contribution in [3.63, 3.8) is 0 Å². The molecule has 2 rings (SSSR count). The van der Waals surface area contributed by atoms with E-state index < -0.39 is 5.82 Å². The van der Waals surface area contributed by atoms with Crippen LogP contribution < -0.4 is 5.32 Å². The van der Waals surface area contributed by atoms with Crippen LogP contribution in [0.2, 0.25) is 0 Å². The van der Waals surface area contributed by atoms with Gasteiger partial charge in [-0.2, -0.15) is 0 Å². The average Bonchev–Trinajstić information content (AvgIpc) is 2.20. The summed E-state index contributed by atoms with van der Waals surface area (Å²) in [5.41, 5.74) is 0.226. The molecule has 0 aromatic heterocycles. The number of carbonyl (C=O) groups is 1. The number of rotatable bonds is 2. The highest BCUT2D eigenvalue weighted by molar-refractivity contribution is 7.80. The van der Waals surface area contributed by atoms with Gasteiger partial charge in [-0.15, -0.1) is 12.6 Å². The Labute approximate surface area is 99.6 Å². The van der Waals surface area contributed by atoms with Gasteiger partial charge >= 0.3 is 0 Å². The van der Waals surface area contributed by atoms with Crippen molar-refractivity contribution >= 4 is 24.2 Å². The predicted octanol–water partition coefficient (Wildman–Crippen LogP) is 3.24. The van der Waals surface area contributed by atoms with Crippen LogP contribution >= 0.6 is 12.6 Å². The molecule has 0 radical (unpaired) electrons. The number of amides is 1. The summed E-state index contributed by atoms with van der Waals surface area (Å²) in [7, 11) is 0. The summed E-state index contributed by atoms with van der Waals surface area (Å²) in [6.07, 6.45) is 2.91. The smallest absolute Gasteiger partial charge is 0.230 e. The summed E-state index contributed by atoms with van der Waals surface area (Å²) in [5.74, 6) is -0.440. The number of carbonyl (C=O) groups excluding carboxylic acids is 1. The first-order valence-electron chi connectivity index (χ1n) is 5.31. The Balaban J connectivity index is 2.09. The van der Waals surface area contributed by atoms with E-state index in [9.17, 15) is 9.18 Å². The Hall–Kier alpha value is -1.03. The zero-order valence-electron chi connectivity index (χ0n) is 9.09. The lowest BCUT2D eigenvalue weighted by atomic mass is 9.70. The molecule has 0 unspecified atom stereocenters. The number of hydrogen-bond acceptors (Lipinski definition) is 2. The minimum Gasteiger partial charge on any atom is -0.326 e. The van der Waals surface area contributed by atoms with Crippen LogP contribution in [-0.2, 0) is 4.79 Å². The molecule has 2 nitrogen and oxygen atoms in total. The molecule has 0 spiro atoms. The SMILES string of the molecule is CC1(C(=O)Nc2ccc(S)c(F)c2)CCC1. The number of nitrogens with one attached hydrogen (secondary N) is 1. The molecule has 86 valence electrons. The van der Waals surface area contributed by atoms with Crippen molar-refractivity contribution < 1.29 is 9.18 Å². The van der Waals surface area contributed by atoms with Gasteiger partial charge in [0.05, 0.1) is 0 Å². The maximum absolute atomic E-state index is 13.2. The molecule has 4 heteroatoms. The van der Waals surface area contributed by atoms with E-state index in [1.54, 1.807) is 6.07 Å². The molecule has 0 aliphatic heterocycles. The molecule has 1 aliphatic rings. The maximum atomic E-state index is 13.2. The molecule has 0 bridgehead atoms. The summed E-state index contributed by atoms with van der Waals surface area (Å²) in [6.45, 7) is 1.94. The molecule has 0 saturated heterocycles. The number of hydrogen-bond donors (Lipinski definition) is 2. The van der Waals surface area contributed by atoms with E-state index in [0.29, 0.717) is 5.69 Å². The Bertz CT molecular complexity index is 429. The van der Waals surface area contributed by atoms with E-state index in [2.05, 4.69) is 17.9 Å². The third kappa shape index (κ3) is 2.07. The Morgan fingerprint density at radius 1 is 1.50 bits per heavy atom. The second-order valence-electron chi connectivity index (χ2n) is 4.53. The predicted molar refractivity (Wildman–Crippen MR) is 64.2 cm³/mol. The summed E-state index contributed by atoms with van der Waals surface area (Å²) in [6, 6.07) is 4.49. The molecule has 1 aromatic carbocycles. The van der Waals surface area contributed by atoms with E-state index in [0.717, 1.165) is 19.3 Å². The second-order valence-corrected chi connectivity index (χ2v) is 5.02. The van der Waals surface area contributed by atoms with Crippen LogP contribution in [0.3, 0.4) is 0 Å². The van der Waals surface area contributed by atoms with Crippen LogP contribution in [0.1, 0.15) is 26.2 Å². The standard InChI is InChI=1S/C12H14FNOS/c1-12(5-2-6-12)11(15)14-8-3-4-10(16)9(13)7-8/h3-4,7,16H,2,5-6H2,1H3,(H,14,15). The van der Waals surface area contributed by atoms with Crippen molar-refractivity contribution in [3.05, 3.63) is 24.0 Å². The van der Waals surface area contributed by atoms with Gasteiger partial charge in [-0.05, 0) is 31.0 Å². The molecule has 16 heavy (non-hydrogen) atoms. The van der Waals surface area contributed by atoms with Gasteiger partial charge in [0.15, 0.2) is 0 Å². The number of halogens is 1. The summed E-state index contributed by atoms with van der Waals surface area (Å²) >= 11 is 3.93. The molecule has 0 heterocycles. The lowest BCUT2D eigenvalue weighted by Gasteiger charge is -2.36. The molecule has 1 saturated carbocycles. The number of anilines is 1. The van der Waals surface area contributed by atoms with Crippen LogP contribution in [-0.4, -0.2) is 5.91 Å². The van der Waals surface area contributed by atoms with Crippen molar-refractivity contribution in [2.45, 2.75) is 31.1 Å². The van der Waals surface area contributed by atoms with Crippen LogP contribution in [0.15, 0.2) is 23.1 Å². The molecule has 0 atom stereocenters. The molecule has 1 aliphatic carbocycles. The summed E-state index contributed by atoms with van der Waals surface area (Å²) < 4.78 is 13.2. The fourth-order valence-corrected chi connectivity index (χ4v) is 1.94. The number of benzene rings is 1. The fraction of sp³-hybridized carbons (Fsp3) is 0.417. The number of thiol groups is 1. The lowest BCUT2D eigenvalue weighted by Crippen LogP contribution is -2.39. The zero-order chi connectivity index (χ0) is 11.8. The fourth-order valence-electron chi connectivity index (χ4n) is 1.80. The quantitative estimate of drug-likeness (QED) is 0.762. The highest BCUT2D eigenvalue weighted by atomic mass is 32.1. The molecular weight excluding hydrogens is 225 g/mol. The van der Waals surface area contributed by atoms with Crippen molar-refractivity contribution in [1.29, 1.82) is 0 Å². The normalized spacial score (nSPS) is 17.7. The zero-order valence-corrected chi connectivity index (χ0v) is 9.98. The Morgan fingerprint density at radius 2 is 2.19 bits per heavy atom. The molecule has 1 amide bonds. The van der Waals surface area contributed by atoms with Crippen LogP contribution in [0.5, 0.6) is 0 Å². The van der Waals surface area contributed by atoms with E-state index >= 15 is 0 Å². The third-order valence-corrected chi connectivity index (χ3v) is 3.57. The average molecular weight is 239 g/mol. The first-order valence-corrected chi connectivity index (χ1v) is 5.76. The van der Waals surface area contributed by atoms with Crippen LogP contribution in [0, 0.1) is 11.2 Å². The highest BCUT2D eigenvalue weighted by Gasteiger charge is 2.39. The van der Waals surface area contributed by atoms with Crippen LogP contribution in [0.4, 0.5) is 10.1 Å².